The van der Waals surface area contributed by atoms with Gasteiger partial charge in [0.25, 0.3) is 5.69 Å². The topological polar surface area (TPSA) is 95.9 Å². The van der Waals surface area contributed by atoms with Crippen LogP contribution >= 0.6 is 11.6 Å². The van der Waals surface area contributed by atoms with Crippen molar-refractivity contribution in [2.24, 2.45) is 0 Å². The molecule has 1 aliphatic rings. The summed E-state index contributed by atoms with van der Waals surface area (Å²) >= 11 is 6.17. The Morgan fingerprint density at radius 1 is 1.03 bits per heavy atom. The van der Waals surface area contributed by atoms with E-state index in [0.29, 0.717) is 36.0 Å². The Bertz CT molecular complexity index is 1660. The highest BCUT2D eigenvalue weighted by Gasteiger charge is 2.28. The van der Waals surface area contributed by atoms with Gasteiger partial charge in [-0.2, -0.15) is 0 Å². The second-order valence-electron chi connectivity index (χ2n) is 9.23. The van der Waals surface area contributed by atoms with Gasteiger partial charge in [0.15, 0.2) is 0 Å². The van der Waals surface area contributed by atoms with E-state index in [0.717, 1.165) is 34.8 Å². The number of anilines is 1. The molecule has 0 bridgehead atoms. The highest BCUT2D eigenvalue weighted by Crippen LogP contribution is 2.35. The number of aromatic nitrogens is 3. The maximum absolute atomic E-state index is 11.6. The van der Waals surface area contributed by atoms with Gasteiger partial charge in [0.1, 0.15) is 5.69 Å². The Kier molecular flexibility index (Phi) is 5.53. The number of H-pyrrole nitrogens is 1. The molecule has 1 saturated heterocycles. The molecule has 8 nitrogen and oxygen atoms in total. The lowest BCUT2D eigenvalue weighted by Crippen LogP contribution is -2.38. The van der Waals surface area contributed by atoms with Gasteiger partial charge in [-0.1, -0.05) is 35.9 Å². The lowest BCUT2D eigenvalue weighted by molar-refractivity contribution is -0.384. The number of halogens is 1. The Hall–Kier alpha value is -4.04. The zero-order valence-electron chi connectivity index (χ0n) is 19.5. The molecule has 0 saturated carbocycles. The molecule has 0 amide bonds. The number of hydrogen-bond acceptors (Lipinski definition) is 4. The summed E-state index contributed by atoms with van der Waals surface area (Å²) in [5, 5.41) is 22.4. The normalized spacial score (nSPS) is 14.6. The van der Waals surface area contributed by atoms with Crippen LogP contribution in [0, 0.1) is 15.5 Å². The van der Waals surface area contributed by atoms with E-state index in [-0.39, 0.29) is 16.7 Å². The number of imidazole rings is 1. The fourth-order valence-corrected chi connectivity index (χ4v) is 5.68. The second-order valence-corrected chi connectivity index (χ2v) is 9.67. The number of piperidine rings is 1. The van der Waals surface area contributed by atoms with Gasteiger partial charge in [-0.25, -0.2) is 0 Å². The van der Waals surface area contributed by atoms with Gasteiger partial charge in [0, 0.05) is 47.3 Å². The van der Waals surface area contributed by atoms with Crippen molar-refractivity contribution in [3.63, 3.8) is 0 Å². The van der Waals surface area contributed by atoms with Gasteiger partial charge in [-0.15, -0.1) is 0 Å². The summed E-state index contributed by atoms with van der Waals surface area (Å²) in [6.45, 7) is 1.91. The first-order valence-corrected chi connectivity index (χ1v) is 12.4. The number of fused-ring (bicyclic) bond motifs is 2. The van der Waals surface area contributed by atoms with Crippen LogP contribution in [0.1, 0.15) is 24.4 Å². The molecule has 3 heterocycles. The Morgan fingerprint density at radius 3 is 2.58 bits per heavy atom. The first-order chi connectivity index (χ1) is 17.5. The van der Waals surface area contributed by atoms with E-state index in [9.17, 15) is 10.1 Å². The molecule has 0 atom stereocenters. The predicted molar refractivity (Wildman–Crippen MR) is 142 cm³/mol. The van der Waals surface area contributed by atoms with Crippen molar-refractivity contribution in [3.8, 4) is 0 Å². The first kappa shape index (κ1) is 22.4. The van der Waals surface area contributed by atoms with Gasteiger partial charge >= 0.3 is 0 Å². The van der Waals surface area contributed by atoms with E-state index >= 15 is 0 Å². The van der Waals surface area contributed by atoms with E-state index in [4.69, 9.17) is 17.0 Å². The number of rotatable bonds is 5. The SMILES string of the molecule is N=c1n(Cc2cccc3[nH]ccc23)c2ccccc2n1C1CCN(c2cc(Cl)ccc2[N+](=O)[O-])CC1. The largest absolute Gasteiger partial charge is 0.366 e. The predicted octanol–water partition coefficient (Wildman–Crippen LogP) is 5.85. The van der Waals surface area contributed by atoms with Crippen LogP contribution in [-0.2, 0) is 6.54 Å². The fraction of sp³-hybridized carbons (Fsp3) is 0.222. The summed E-state index contributed by atoms with van der Waals surface area (Å²) in [6, 6.07) is 21.3. The molecular formula is C27H25ClN6O2. The number of nitrogens with zero attached hydrogens (tertiary/aromatic N) is 4. The van der Waals surface area contributed by atoms with Crippen molar-refractivity contribution >= 4 is 44.9 Å². The van der Waals surface area contributed by atoms with Crippen LogP contribution in [0.15, 0.2) is 72.9 Å². The molecule has 2 N–H and O–H groups in total. The number of nitro groups is 1. The molecule has 3 aromatic carbocycles. The molecule has 0 radical (unpaired) electrons. The molecule has 0 spiro atoms. The summed E-state index contributed by atoms with van der Waals surface area (Å²) in [5.74, 6) is 0. The minimum Gasteiger partial charge on any atom is -0.366 e. The van der Waals surface area contributed by atoms with Crippen molar-refractivity contribution in [1.29, 1.82) is 5.41 Å². The lowest BCUT2D eigenvalue weighted by atomic mass is 10.0. The van der Waals surface area contributed by atoms with Gasteiger partial charge in [0.2, 0.25) is 5.62 Å². The minimum atomic E-state index is -0.354. The monoisotopic (exact) mass is 500 g/mol. The van der Waals surface area contributed by atoms with Crippen LogP contribution in [0.4, 0.5) is 11.4 Å². The maximum atomic E-state index is 11.6. The Labute approximate surface area is 212 Å². The molecule has 5 aromatic rings. The van der Waals surface area contributed by atoms with Crippen molar-refractivity contribution in [2.45, 2.75) is 25.4 Å². The van der Waals surface area contributed by atoms with E-state index < -0.39 is 0 Å². The number of nitrogens with one attached hydrogen (secondary N) is 2. The molecule has 182 valence electrons. The van der Waals surface area contributed by atoms with Crippen molar-refractivity contribution in [3.05, 3.63) is 99.2 Å². The highest BCUT2D eigenvalue weighted by molar-refractivity contribution is 6.31. The highest BCUT2D eigenvalue weighted by atomic mass is 35.5. The second kappa shape index (κ2) is 8.87. The summed E-state index contributed by atoms with van der Waals surface area (Å²) in [5.41, 5.74) is 5.42. The Morgan fingerprint density at radius 2 is 1.81 bits per heavy atom. The van der Waals surface area contributed by atoms with E-state index in [1.165, 1.54) is 11.6 Å². The fourth-order valence-electron chi connectivity index (χ4n) is 5.51. The summed E-state index contributed by atoms with van der Waals surface area (Å²) < 4.78 is 4.21. The van der Waals surface area contributed by atoms with Crippen molar-refractivity contribution < 1.29 is 4.92 Å². The maximum Gasteiger partial charge on any atom is 0.292 e. The minimum absolute atomic E-state index is 0.0715. The quantitative estimate of drug-likeness (QED) is 0.234. The zero-order valence-corrected chi connectivity index (χ0v) is 20.3. The molecule has 2 aromatic heterocycles. The number of benzene rings is 3. The third kappa shape index (κ3) is 3.74. The third-order valence-corrected chi connectivity index (χ3v) is 7.47. The zero-order chi connectivity index (χ0) is 24.8. The van der Waals surface area contributed by atoms with E-state index in [2.05, 4.69) is 44.5 Å². The number of aromatic amines is 1. The first-order valence-electron chi connectivity index (χ1n) is 12.0. The van der Waals surface area contributed by atoms with Crippen molar-refractivity contribution in [2.75, 3.05) is 18.0 Å². The van der Waals surface area contributed by atoms with Gasteiger partial charge in [-0.05, 0) is 54.8 Å². The smallest absolute Gasteiger partial charge is 0.292 e. The summed E-state index contributed by atoms with van der Waals surface area (Å²) in [6.07, 6.45) is 3.50. The molecule has 1 aliphatic heterocycles. The van der Waals surface area contributed by atoms with Gasteiger partial charge in [-0.3, -0.25) is 15.5 Å². The number of hydrogen-bond donors (Lipinski definition) is 2. The molecule has 0 aliphatic carbocycles. The van der Waals surface area contributed by atoms with Crippen LogP contribution in [0.2, 0.25) is 5.02 Å². The number of nitro benzene ring substituents is 1. The average molecular weight is 501 g/mol. The van der Waals surface area contributed by atoms with Gasteiger partial charge < -0.3 is 19.0 Å². The third-order valence-electron chi connectivity index (χ3n) is 7.23. The van der Waals surface area contributed by atoms with Crippen LogP contribution in [-0.4, -0.2) is 32.1 Å². The van der Waals surface area contributed by atoms with Crippen LogP contribution < -0.4 is 10.5 Å². The lowest BCUT2D eigenvalue weighted by Gasteiger charge is -2.34. The molecule has 1 fully saturated rings. The molecular weight excluding hydrogens is 476 g/mol. The van der Waals surface area contributed by atoms with E-state index in [1.54, 1.807) is 12.1 Å². The molecule has 0 unspecified atom stereocenters. The Balaban J connectivity index is 1.33. The van der Waals surface area contributed by atoms with Crippen LogP contribution in [0.25, 0.3) is 21.9 Å². The molecule has 6 rings (SSSR count). The average Bonchev–Trinajstić information content (AvgIpc) is 3.47. The molecule has 9 heteroatoms. The van der Waals surface area contributed by atoms with Crippen LogP contribution in [0.3, 0.4) is 0 Å². The molecule has 36 heavy (non-hydrogen) atoms. The van der Waals surface area contributed by atoms with E-state index in [1.807, 2.05) is 29.3 Å². The standard InChI is InChI=1S/C27H25ClN6O2/c28-19-8-9-25(34(35)36)26(16-19)31-14-11-20(12-15-31)33-24-7-2-1-6-23(24)32(27(33)29)17-18-4-3-5-22-21(18)10-13-30-22/h1-10,13,16,20,29-30H,11-12,14-15,17H2. The van der Waals surface area contributed by atoms with Crippen molar-refractivity contribution in [1.82, 2.24) is 14.1 Å². The summed E-state index contributed by atoms with van der Waals surface area (Å²) in [4.78, 5) is 16.5. The van der Waals surface area contributed by atoms with Crippen LogP contribution in [0.5, 0.6) is 0 Å². The number of para-hydroxylation sites is 2. The summed E-state index contributed by atoms with van der Waals surface area (Å²) in [7, 11) is 0. The van der Waals surface area contributed by atoms with Gasteiger partial charge in [0.05, 0.1) is 22.5 Å².